The highest BCUT2D eigenvalue weighted by molar-refractivity contribution is 7.87. The van der Waals surface area contributed by atoms with Crippen molar-refractivity contribution in [2.45, 2.75) is 11.3 Å². The maximum absolute atomic E-state index is 12.8. The van der Waals surface area contributed by atoms with Crippen LogP contribution in [0, 0.1) is 5.82 Å². The molecule has 0 spiro atoms. The molecule has 1 unspecified atom stereocenters. The second-order valence-corrected chi connectivity index (χ2v) is 8.80. The van der Waals surface area contributed by atoms with Crippen molar-refractivity contribution in [1.82, 2.24) is 0 Å². The van der Waals surface area contributed by atoms with Crippen molar-refractivity contribution in [3.05, 3.63) is 59.9 Å². The molecule has 21 heavy (non-hydrogen) atoms. The topological polar surface area (TPSA) is 63.6 Å². The Morgan fingerprint density at radius 2 is 1.81 bits per heavy atom. The maximum atomic E-state index is 12.8. The smallest absolute Gasteiger partial charge is 0.264 e. The molecule has 0 aliphatic carbocycles. The number of hydrogen-bond acceptors (Lipinski definition) is 3. The third-order valence-electron chi connectivity index (χ3n) is 2.98. The first kappa shape index (κ1) is 15.7. The molecule has 0 radical (unpaired) electrons. The summed E-state index contributed by atoms with van der Waals surface area (Å²) in [6, 6.07) is 12.6. The Hall–Kier alpha value is -1.70. The predicted octanol–water partition coefficient (Wildman–Crippen LogP) is 1.74. The lowest BCUT2D eigenvalue weighted by atomic mass is 10.1. The van der Waals surface area contributed by atoms with Crippen molar-refractivity contribution in [2.75, 3.05) is 0 Å². The number of ether oxygens (including phenoxy) is 1. The van der Waals surface area contributed by atoms with Crippen LogP contribution in [0.3, 0.4) is 0 Å². The first-order valence-electron chi connectivity index (χ1n) is 6.33. The Balaban J connectivity index is 2.12. The van der Waals surface area contributed by atoms with E-state index in [0.29, 0.717) is 21.7 Å². The number of benzene rings is 2. The zero-order valence-electron chi connectivity index (χ0n) is 11.4. The van der Waals surface area contributed by atoms with Crippen molar-refractivity contribution in [1.29, 1.82) is 0 Å². The van der Waals surface area contributed by atoms with Crippen molar-refractivity contribution < 1.29 is 22.1 Å². The Bertz CT molecular complexity index is 716. The van der Waals surface area contributed by atoms with E-state index in [1.165, 1.54) is 24.3 Å². The normalized spacial score (nSPS) is 13.0. The molecular weight excluding hydrogens is 311 g/mol. The predicted molar refractivity (Wildman–Crippen MR) is 81.9 cm³/mol. The van der Waals surface area contributed by atoms with Crippen LogP contribution in [0.25, 0.3) is 0 Å². The first-order chi connectivity index (χ1) is 9.84. The zero-order chi connectivity index (χ0) is 15.5. The second kappa shape index (κ2) is 6.38. The Labute approximate surface area is 125 Å². The summed E-state index contributed by atoms with van der Waals surface area (Å²) in [6.45, 7) is 0. The molecule has 2 aromatic carbocycles. The molecule has 1 N–H and O–H groups in total. The fourth-order valence-corrected chi connectivity index (χ4v) is 2.69. The van der Waals surface area contributed by atoms with Crippen molar-refractivity contribution in [3.8, 4) is 11.5 Å². The molecule has 0 amide bonds. The molecule has 1 atom stereocenters. The van der Waals surface area contributed by atoms with Gasteiger partial charge in [-0.1, -0.05) is 12.1 Å². The minimum atomic E-state index is -4.00. The van der Waals surface area contributed by atoms with E-state index in [1.807, 2.05) is 0 Å². The van der Waals surface area contributed by atoms with Crippen LogP contribution in [0.4, 0.5) is 4.39 Å². The molecule has 7 heteroatoms. The van der Waals surface area contributed by atoms with E-state index in [1.54, 1.807) is 24.3 Å². The Morgan fingerprint density at radius 1 is 1.14 bits per heavy atom. The summed E-state index contributed by atoms with van der Waals surface area (Å²) in [4.78, 5) is -0.751. The van der Waals surface area contributed by atoms with Crippen LogP contribution in [0.1, 0.15) is 5.56 Å². The third-order valence-corrected chi connectivity index (χ3v) is 6.36. The molecule has 0 saturated heterocycles. The maximum Gasteiger partial charge on any atom is 0.264 e. The largest absolute Gasteiger partial charge is 0.457 e. The molecule has 2 rings (SSSR count). The van der Waals surface area contributed by atoms with Crippen LogP contribution in [0.5, 0.6) is 11.5 Å². The molecule has 0 fully saturated rings. The third kappa shape index (κ3) is 4.66. The van der Waals surface area contributed by atoms with E-state index in [-0.39, 0.29) is 12.2 Å². The van der Waals surface area contributed by atoms with Gasteiger partial charge >= 0.3 is 0 Å². The summed E-state index contributed by atoms with van der Waals surface area (Å²) in [7, 11) is -3.66. The highest BCUT2D eigenvalue weighted by Crippen LogP contribution is 2.23. The van der Waals surface area contributed by atoms with Gasteiger partial charge in [-0.05, 0) is 48.4 Å². The number of hydrogen-bond donors (Lipinski definition) is 1. The first-order valence-corrected chi connectivity index (χ1v) is 8.99. The zero-order valence-corrected chi connectivity index (χ0v) is 14.2. The van der Waals surface area contributed by atoms with E-state index in [0.717, 1.165) is 5.56 Å². The van der Waals surface area contributed by atoms with Gasteiger partial charge in [-0.2, -0.15) is 8.42 Å². The Morgan fingerprint density at radius 3 is 2.43 bits per heavy atom. The van der Waals surface area contributed by atoms with Crippen molar-refractivity contribution in [3.63, 3.8) is 0 Å². The summed E-state index contributed by atoms with van der Waals surface area (Å²) in [5.41, 5.74) is 0.757. The van der Waals surface area contributed by atoms with Crippen molar-refractivity contribution >= 4 is 20.4 Å². The van der Waals surface area contributed by atoms with Gasteiger partial charge in [-0.3, -0.25) is 4.55 Å². The average Bonchev–Trinajstić information content (AvgIpc) is 2.41. The summed E-state index contributed by atoms with van der Waals surface area (Å²) in [6.07, 6.45) is 0.242. The second-order valence-electron chi connectivity index (χ2n) is 4.73. The molecule has 0 bridgehead atoms. The fourth-order valence-electron chi connectivity index (χ4n) is 1.81. The molecule has 0 saturated carbocycles. The number of halogens is 1. The lowest BCUT2D eigenvalue weighted by Gasteiger charge is -2.10. The summed E-state index contributed by atoms with van der Waals surface area (Å²) < 4.78 is 49.5. The van der Waals surface area contributed by atoms with E-state index in [2.05, 4.69) is 0 Å². The van der Waals surface area contributed by atoms with Crippen molar-refractivity contribution in [2.24, 2.45) is 0 Å². The van der Waals surface area contributed by atoms with Gasteiger partial charge in [0, 0.05) is 10.2 Å². The molecule has 0 heterocycles. The van der Waals surface area contributed by atoms with Crippen LogP contribution in [0.15, 0.2) is 48.5 Å². The molecule has 0 aromatic heterocycles. The van der Waals surface area contributed by atoms with Crippen LogP contribution >= 0.6 is 0 Å². The lowest BCUT2D eigenvalue weighted by Crippen LogP contribution is -2.23. The average molecular weight is 326 g/mol. The van der Waals surface area contributed by atoms with Gasteiger partial charge in [0.1, 0.15) is 17.3 Å². The molecule has 0 aliphatic heterocycles. The van der Waals surface area contributed by atoms with E-state index in [9.17, 15) is 12.8 Å². The summed E-state index contributed by atoms with van der Waals surface area (Å²) in [5.74, 6) is 0.678. The van der Waals surface area contributed by atoms with Gasteiger partial charge in [0.05, 0.1) is 4.87 Å². The molecule has 112 valence electrons. The van der Waals surface area contributed by atoms with Gasteiger partial charge in [-0.15, -0.1) is 0 Å². The van der Waals surface area contributed by atoms with E-state index >= 15 is 0 Å². The van der Waals surface area contributed by atoms with Gasteiger partial charge in [0.25, 0.3) is 10.1 Å². The molecular formula is C14H15FO4SSi. The summed E-state index contributed by atoms with van der Waals surface area (Å²) in [5, 5.41) is 0. The van der Waals surface area contributed by atoms with Gasteiger partial charge in [-0.25, -0.2) is 4.39 Å². The van der Waals surface area contributed by atoms with Crippen LogP contribution in [-0.4, -0.2) is 28.1 Å². The fraction of sp³-hybridized carbons (Fsp3) is 0.143. The van der Waals surface area contributed by atoms with E-state index < -0.39 is 15.0 Å². The highest BCUT2D eigenvalue weighted by atomic mass is 32.2. The van der Waals surface area contributed by atoms with Crippen LogP contribution in [0.2, 0.25) is 0 Å². The monoisotopic (exact) mass is 326 g/mol. The summed E-state index contributed by atoms with van der Waals surface area (Å²) >= 11 is 0. The highest BCUT2D eigenvalue weighted by Gasteiger charge is 2.17. The number of rotatable bonds is 5. The SMILES string of the molecule is O=S(=O)(O)C([SiH3])Cc1cccc(Oc2ccc(F)cc2)c1. The van der Waals surface area contributed by atoms with E-state index in [4.69, 9.17) is 9.29 Å². The van der Waals surface area contributed by atoms with Crippen LogP contribution in [-0.2, 0) is 16.5 Å². The molecule has 4 nitrogen and oxygen atoms in total. The minimum Gasteiger partial charge on any atom is -0.457 e. The molecule has 0 aliphatic rings. The lowest BCUT2D eigenvalue weighted by molar-refractivity contribution is 0.475. The molecule has 2 aromatic rings. The van der Waals surface area contributed by atoms with Crippen LogP contribution < -0.4 is 4.74 Å². The Kier molecular flexibility index (Phi) is 4.76. The van der Waals surface area contributed by atoms with Gasteiger partial charge < -0.3 is 4.74 Å². The quantitative estimate of drug-likeness (QED) is 0.671. The van der Waals surface area contributed by atoms with Gasteiger partial charge in [0.2, 0.25) is 0 Å². The minimum absolute atomic E-state index is 0.242. The standard InChI is InChI=1S/C14H15FO4SSi/c15-11-4-6-12(7-5-11)19-13-3-1-2-10(8-13)9-14(21)20(16,17)18/h1-8,14H,9H2,21H3,(H,16,17,18). The van der Waals surface area contributed by atoms with Gasteiger partial charge in [0.15, 0.2) is 0 Å².